The molecule has 0 heterocycles. The predicted octanol–water partition coefficient (Wildman–Crippen LogP) is 10.2. The number of allylic oxidation sites excluding steroid dienone is 6. The van der Waals surface area contributed by atoms with Crippen molar-refractivity contribution in [3.63, 3.8) is 0 Å². The first-order chi connectivity index (χ1) is 21.3. The average Bonchev–Trinajstić information content (AvgIpc) is 2.96. The number of rotatable bonds is 10. The summed E-state index contributed by atoms with van der Waals surface area (Å²) in [6.07, 6.45) is 2.49. The third-order valence-electron chi connectivity index (χ3n) is 8.72. The molecule has 240 valence electrons. The molecule has 5 nitrogen and oxygen atoms in total. The van der Waals surface area contributed by atoms with Crippen LogP contribution in [-0.4, -0.2) is 22.2 Å². The van der Waals surface area contributed by atoms with Gasteiger partial charge in [-0.25, -0.2) is 0 Å². The van der Waals surface area contributed by atoms with Crippen LogP contribution in [0.3, 0.4) is 0 Å². The molecule has 0 aromatic heterocycles. The molecule has 0 saturated heterocycles. The minimum absolute atomic E-state index is 0.192. The van der Waals surface area contributed by atoms with Gasteiger partial charge >= 0.3 is 0 Å². The molecule has 0 aliphatic heterocycles. The summed E-state index contributed by atoms with van der Waals surface area (Å²) in [6, 6.07) is 15.6. The van der Waals surface area contributed by atoms with Crippen LogP contribution in [0.5, 0.6) is 0 Å². The highest BCUT2D eigenvalue weighted by Crippen LogP contribution is 2.44. The van der Waals surface area contributed by atoms with Gasteiger partial charge in [-0.1, -0.05) is 100 Å². The monoisotopic (exact) mass is 629 g/mol. The summed E-state index contributed by atoms with van der Waals surface area (Å²) in [7, 11) is 1.70. The molecular weight excluding hydrogens is 579 g/mol. The van der Waals surface area contributed by atoms with Gasteiger partial charge in [-0.2, -0.15) is 21.0 Å². The van der Waals surface area contributed by atoms with Crippen molar-refractivity contribution in [3.05, 3.63) is 76.1 Å². The third kappa shape index (κ3) is 8.81. The zero-order valence-corrected chi connectivity index (χ0v) is 31.3. The van der Waals surface area contributed by atoms with Crippen LogP contribution in [-0.2, 0) is 0 Å². The van der Waals surface area contributed by atoms with Gasteiger partial charge < -0.3 is 4.90 Å². The number of anilines is 1. The van der Waals surface area contributed by atoms with Gasteiger partial charge in [0.05, 0.1) is 0 Å². The summed E-state index contributed by atoms with van der Waals surface area (Å²) in [6.45, 7) is 27.8. The molecule has 0 N–H and O–H groups in total. The van der Waals surface area contributed by atoms with Crippen molar-refractivity contribution in [1.29, 1.82) is 21.0 Å². The normalized spacial score (nSPS) is 11.1. The van der Waals surface area contributed by atoms with Crippen molar-refractivity contribution in [3.8, 4) is 35.7 Å². The minimum atomic E-state index is -2.14. The Morgan fingerprint density at radius 3 is 1.61 bits per heavy atom. The lowest BCUT2D eigenvalue weighted by Crippen LogP contribution is -2.43. The minimum Gasteiger partial charge on any atom is -0.378 e. The molecule has 0 aliphatic carbocycles. The number of hydrogen-bond acceptors (Lipinski definition) is 5. The first-order valence-corrected chi connectivity index (χ1v) is 18.1. The average molecular weight is 630 g/mol. The SMILES string of the molecule is C=CCC(C)(C)C(=C=C(C(=C(C#N)C#N)C(=C(C#N)C#N)c1ccc(N(C)C)cc1)C(C)(C)C)C#C[Si](C(C)C)(C(C)C)C(C)C. The van der Waals surface area contributed by atoms with E-state index in [2.05, 4.69) is 91.3 Å². The Morgan fingerprint density at radius 2 is 1.26 bits per heavy atom. The second-order valence-electron chi connectivity index (χ2n) is 14.5. The first-order valence-electron chi connectivity index (χ1n) is 15.8. The van der Waals surface area contributed by atoms with E-state index in [0.717, 1.165) is 11.3 Å². The highest BCUT2D eigenvalue weighted by atomic mass is 28.3. The molecule has 0 unspecified atom stereocenters. The Labute approximate surface area is 280 Å². The molecule has 0 atom stereocenters. The summed E-state index contributed by atoms with van der Waals surface area (Å²) in [5.41, 5.74) is 10.4. The third-order valence-corrected chi connectivity index (χ3v) is 15.0. The van der Waals surface area contributed by atoms with Crippen LogP contribution in [0.4, 0.5) is 5.69 Å². The fraction of sp³-hybridized carbons (Fsp3) is 0.475. The van der Waals surface area contributed by atoms with Crippen LogP contribution in [0.15, 0.2) is 70.5 Å². The molecule has 0 amide bonds. The highest BCUT2D eigenvalue weighted by molar-refractivity contribution is 6.90. The summed E-state index contributed by atoms with van der Waals surface area (Å²) < 4.78 is 0. The van der Waals surface area contributed by atoms with Crippen LogP contribution in [0.2, 0.25) is 16.6 Å². The van der Waals surface area contributed by atoms with Crippen LogP contribution < -0.4 is 4.90 Å². The molecule has 46 heavy (non-hydrogen) atoms. The summed E-state index contributed by atoms with van der Waals surface area (Å²) >= 11 is 0. The van der Waals surface area contributed by atoms with Crippen molar-refractivity contribution in [2.24, 2.45) is 10.8 Å². The van der Waals surface area contributed by atoms with Gasteiger partial charge in [-0.3, -0.25) is 0 Å². The molecule has 1 rings (SSSR count). The van der Waals surface area contributed by atoms with Crippen LogP contribution >= 0.6 is 0 Å². The summed E-state index contributed by atoms with van der Waals surface area (Å²) in [5, 5.41) is 41.0. The van der Waals surface area contributed by atoms with E-state index < -0.39 is 18.9 Å². The van der Waals surface area contributed by atoms with E-state index >= 15 is 0 Å². The van der Waals surface area contributed by atoms with Gasteiger partial charge in [0.15, 0.2) is 0 Å². The number of benzene rings is 1. The number of nitrogens with zero attached hydrogens (tertiary/aromatic N) is 5. The Bertz CT molecular complexity index is 1600. The van der Waals surface area contributed by atoms with Crippen molar-refractivity contribution < 1.29 is 0 Å². The predicted molar refractivity (Wildman–Crippen MR) is 195 cm³/mol. The van der Waals surface area contributed by atoms with Gasteiger partial charge in [0.1, 0.15) is 43.5 Å². The van der Waals surface area contributed by atoms with Gasteiger partial charge in [0.2, 0.25) is 0 Å². The Morgan fingerprint density at radius 1 is 0.804 bits per heavy atom. The molecule has 1 aromatic rings. The molecule has 0 saturated carbocycles. The van der Waals surface area contributed by atoms with E-state index in [-0.39, 0.29) is 22.3 Å². The Hall–Kier alpha value is -4.50. The first kappa shape index (κ1) is 39.5. The Kier molecular flexibility index (Phi) is 13.9. The largest absolute Gasteiger partial charge is 0.378 e. The lowest BCUT2D eigenvalue weighted by atomic mass is 9.74. The van der Waals surface area contributed by atoms with Gasteiger partial charge in [-0.15, -0.1) is 17.9 Å². The molecule has 0 bridgehead atoms. The van der Waals surface area contributed by atoms with Gasteiger partial charge in [0, 0.05) is 47.5 Å². The van der Waals surface area contributed by atoms with E-state index in [0.29, 0.717) is 34.2 Å². The number of hydrogen-bond donors (Lipinski definition) is 0. The topological polar surface area (TPSA) is 98.4 Å². The Balaban J connectivity index is 4.79. The smallest absolute Gasteiger partial charge is 0.146 e. The summed E-state index contributed by atoms with van der Waals surface area (Å²) in [5.74, 6) is 3.63. The maximum atomic E-state index is 10.3. The molecule has 0 aliphatic rings. The molecule has 1 aromatic carbocycles. The van der Waals surface area contributed by atoms with E-state index in [1.165, 1.54) is 0 Å². The zero-order valence-electron chi connectivity index (χ0n) is 30.3. The molecule has 0 spiro atoms. The van der Waals surface area contributed by atoms with E-state index in [4.69, 9.17) is 0 Å². The fourth-order valence-electron chi connectivity index (χ4n) is 6.17. The lowest BCUT2D eigenvalue weighted by molar-refractivity contribution is 0.466. The quantitative estimate of drug-likeness (QED) is 0.0640. The van der Waals surface area contributed by atoms with E-state index in [9.17, 15) is 21.0 Å². The van der Waals surface area contributed by atoms with Crippen molar-refractivity contribution >= 4 is 19.3 Å². The maximum Gasteiger partial charge on any atom is 0.146 e. The maximum absolute atomic E-state index is 10.3. The van der Waals surface area contributed by atoms with Crippen molar-refractivity contribution in [2.75, 3.05) is 19.0 Å². The molecule has 6 heteroatoms. The van der Waals surface area contributed by atoms with E-state index in [1.54, 1.807) is 0 Å². The van der Waals surface area contributed by atoms with E-state index in [1.807, 2.05) is 82.2 Å². The van der Waals surface area contributed by atoms with Crippen molar-refractivity contribution in [1.82, 2.24) is 0 Å². The second-order valence-corrected chi connectivity index (χ2v) is 20.1. The van der Waals surface area contributed by atoms with Crippen molar-refractivity contribution in [2.45, 2.75) is 99.2 Å². The zero-order chi connectivity index (χ0) is 35.6. The van der Waals surface area contributed by atoms with Crippen LogP contribution in [0.1, 0.15) is 88.1 Å². The standard InChI is InChI=1S/C40H51N5Si/c1-15-21-40(11,12)34(20-22-46(28(2)3,29(4)5)30(6)7)23-36(39(8,9)10)38(33(26-43)27-44)37(32(24-41)25-42)31-16-18-35(19-17-31)45(13)14/h15-19,28-30H,1,21H2,2-14H3. The molecular formula is C40H51N5Si. The van der Waals surface area contributed by atoms with Gasteiger partial charge in [-0.05, 0) is 46.2 Å². The summed E-state index contributed by atoms with van der Waals surface area (Å²) in [4.78, 5) is 1.94. The molecule has 0 radical (unpaired) electrons. The number of nitriles is 4. The fourth-order valence-corrected chi connectivity index (χ4v) is 11.4. The highest BCUT2D eigenvalue weighted by Gasteiger charge is 2.42. The lowest BCUT2D eigenvalue weighted by Gasteiger charge is -2.38. The second kappa shape index (κ2) is 16.2. The van der Waals surface area contributed by atoms with Crippen LogP contribution in [0, 0.1) is 67.6 Å². The van der Waals surface area contributed by atoms with Crippen LogP contribution in [0.25, 0.3) is 5.57 Å². The van der Waals surface area contributed by atoms with Gasteiger partial charge in [0.25, 0.3) is 0 Å². The molecule has 0 fully saturated rings.